The third-order valence-corrected chi connectivity index (χ3v) is 9.45. The molecule has 0 saturated carbocycles. The lowest BCUT2D eigenvalue weighted by molar-refractivity contribution is -0.697. The van der Waals surface area contributed by atoms with Crippen molar-refractivity contribution in [2.45, 2.75) is 125 Å². The third kappa shape index (κ3) is 12.0. The van der Waals surface area contributed by atoms with Gasteiger partial charge in [-0.3, -0.25) is 4.99 Å². The molecule has 1 aromatic carbocycles. The molecular formula is C46H63N4+3. The van der Waals surface area contributed by atoms with E-state index in [2.05, 4.69) is 152 Å². The van der Waals surface area contributed by atoms with Crippen LogP contribution in [0.3, 0.4) is 0 Å². The summed E-state index contributed by atoms with van der Waals surface area (Å²) in [6.45, 7) is 14.0. The molecule has 3 aromatic heterocycles. The topological polar surface area (TPSA) is 24.0 Å². The quantitative estimate of drug-likeness (QED) is 0.0364. The van der Waals surface area contributed by atoms with E-state index >= 15 is 0 Å². The largest absolute Gasteiger partial charge is 0.293 e. The smallest absolute Gasteiger partial charge is 0.220 e. The molecule has 0 amide bonds. The predicted octanol–water partition coefficient (Wildman–Crippen LogP) is 11.1. The number of rotatable bonds is 21. The van der Waals surface area contributed by atoms with E-state index < -0.39 is 0 Å². The summed E-state index contributed by atoms with van der Waals surface area (Å²) < 4.78 is 7.09. The number of nitrogens with zero attached hydrogens (tertiary/aromatic N) is 4. The second-order valence-electron chi connectivity index (χ2n) is 13.7. The molecule has 264 valence electrons. The fourth-order valence-corrected chi connectivity index (χ4v) is 6.42. The van der Waals surface area contributed by atoms with Crippen molar-refractivity contribution >= 4 is 11.9 Å². The molecule has 3 heterocycles. The summed E-state index contributed by atoms with van der Waals surface area (Å²) in [5.41, 5.74) is 9.49. The summed E-state index contributed by atoms with van der Waals surface area (Å²) in [5.74, 6) is 0. The highest BCUT2D eigenvalue weighted by atomic mass is 15.0. The summed E-state index contributed by atoms with van der Waals surface area (Å²) in [7, 11) is 0. The van der Waals surface area contributed by atoms with Crippen molar-refractivity contribution in [2.75, 3.05) is 6.54 Å². The molecular weight excluding hydrogens is 609 g/mol. The first-order chi connectivity index (χ1) is 24.6. The van der Waals surface area contributed by atoms with Crippen molar-refractivity contribution in [2.24, 2.45) is 4.99 Å². The number of hydrogen-bond acceptors (Lipinski definition) is 1. The van der Waals surface area contributed by atoms with Crippen molar-refractivity contribution in [1.82, 2.24) is 0 Å². The zero-order valence-electron chi connectivity index (χ0n) is 31.8. The van der Waals surface area contributed by atoms with Gasteiger partial charge in [-0.05, 0) is 56.4 Å². The Morgan fingerprint density at radius 2 is 1.08 bits per heavy atom. The lowest BCUT2D eigenvalue weighted by Gasteiger charge is -2.13. The van der Waals surface area contributed by atoms with Crippen molar-refractivity contribution in [3.8, 4) is 33.6 Å². The Balaban J connectivity index is 1.85. The van der Waals surface area contributed by atoms with Crippen molar-refractivity contribution < 1.29 is 13.7 Å². The lowest BCUT2D eigenvalue weighted by Crippen LogP contribution is -2.38. The molecule has 0 N–H and O–H groups in total. The van der Waals surface area contributed by atoms with Crippen LogP contribution < -0.4 is 13.7 Å². The van der Waals surface area contributed by atoms with E-state index in [9.17, 15) is 0 Å². The second-order valence-corrected chi connectivity index (χ2v) is 13.7. The molecule has 4 heteroatoms. The maximum atomic E-state index is 4.81. The minimum Gasteiger partial charge on any atom is -0.293 e. The SMILES string of the molecule is C\C=C/C(=C\C=N\CCCCCC)[n+]1c(-c2ccc(C)cc2)cc(-c2cc[n+](CCCCCC)cc2)cc1-c1cc[n+](CCCCCC)cc1. The van der Waals surface area contributed by atoms with Gasteiger partial charge in [0.2, 0.25) is 17.1 Å². The third-order valence-electron chi connectivity index (χ3n) is 9.45. The van der Waals surface area contributed by atoms with Gasteiger partial charge in [0, 0.05) is 79.7 Å². The molecule has 0 aliphatic carbocycles. The van der Waals surface area contributed by atoms with E-state index in [1.165, 1.54) is 98.4 Å². The summed E-state index contributed by atoms with van der Waals surface area (Å²) >= 11 is 0. The van der Waals surface area contributed by atoms with Crippen LogP contribution in [0.1, 0.15) is 110 Å². The Morgan fingerprint density at radius 1 is 0.580 bits per heavy atom. The first-order valence-electron chi connectivity index (χ1n) is 19.6. The molecule has 4 aromatic rings. The van der Waals surface area contributed by atoms with E-state index in [0.29, 0.717) is 0 Å². The fraction of sp³-hybridized carbons (Fsp3) is 0.435. The fourth-order valence-electron chi connectivity index (χ4n) is 6.42. The van der Waals surface area contributed by atoms with Crippen molar-refractivity contribution in [3.05, 3.63) is 109 Å². The monoisotopic (exact) mass is 672 g/mol. The molecule has 4 nitrogen and oxygen atoms in total. The van der Waals surface area contributed by atoms with Crippen LogP contribution in [-0.4, -0.2) is 12.8 Å². The number of aliphatic imine (C=N–C) groups is 1. The average molecular weight is 672 g/mol. The van der Waals surface area contributed by atoms with Gasteiger partial charge in [-0.1, -0.05) is 89.5 Å². The predicted molar refractivity (Wildman–Crippen MR) is 213 cm³/mol. The van der Waals surface area contributed by atoms with Gasteiger partial charge in [0.15, 0.2) is 24.8 Å². The van der Waals surface area contributed by atoms with Crippen LogP contribution in [-0.2, 0) is 13.1 Å². The Kier molecular flexibility index (Phi) is 16.8. The number of hydrogen-bond donors (Lipinski definition) is 0. The molecule has 0 bridgehead atoms. The zero-order chi connectivity index (χ0) is 35.4. The molecule has 0 unspecified atom stereocenters. The van der Waals surface area contributed by atoms with Crippen molar-refractivity contribution in [1.29, 1.82) is 0 Å². The maximum Gasteiger partial charge on any atom is 0.220 e. The summed E-state index contributed by atoms with van der Waals surface area (Å²) in [6, 6.07) is 22.8. The van der Waals surface area contributed by atoms with Crippen LogP contribution in [0.5, 0.6) is 0 Å². The van der Waals surface area contributed by atoms with Gasteiger partial charge in [-0.25, -0.2) is 9.13 Å². The second kappa shape index (κ2) is 21.8. The lowest BCUT2D eigenvalue weighted by atomic mass is 9.99. The van der Waals surface area contributed by atoms with Crippen LogP contribution in [0.15, 0.2) is 109 Å². The number of allylic oxidation sites excluding steroid dienone is 4. The number of aryl methyl sites for hydroxylation is 3. The van der Waals surface area contributed by atoms with E-state index in [0.717, 1.165) is 43.1 Å². The number of aromatic nitrogens is 3. The number of pyridine rings is 3. The van der Waals surface area contributed by atoms with Gasteiger partial charge in [0.1, 0.15) is 13.1 Å². The molecule has 50 heavy (non-hydrogen) atoms. The minimum atomic E-state index is 0.866. The van der Waals surface area contributed by atoms with Gasteiger partial charge in [0.25, 0.3) is 0 Å². The molecule has 0 saturated heterocycles. The molecule has 0 atom stereocenters. The van der Waals surface area contributed by atoms with E-state index in [-0.39, 0.29) is 0 Å². The standard InChI is InChI=1S/C46H63N4/c1-6-10-13-16-29-47-30-24-44(19-9-4)50-45(41-22-20-39(5)21-23-41)37-43(40-25-33-48(34-26-40)31-17-14-11-7-2)38-46(50)42-27-35-49(36-28-42)32-18-15-12-8-3/h9,19-28,30,33-38H,6-8,10-18,29,31-32H2,1-5H3/q+3/b19-9-,44-24+,47-30+. The Morgan fingerprint density at radius 3 is 1.60 bits per heavy atom. The highest BCUT2D eigenvalue weighted by Gasteiger charge is 2.26. The van der Waals surface area contributed by atoms with Crippen LogP contribution in [0.2, 0.25) is 0 Å². The highest BCUT2D eigenvalue weighted by Crippen LogP contribution is 2.30. The van der Waals surface area contributed by atoms with Gasteiger partial charge >= 0.3 is 0 Å². The van der Waals surface area contributed by atoms with E-state index in [4.69, 9.17) is 4.99 Å². The first-order valence-corrected chi connectivity index (χ1v) is 19.6. The molecule has 0 aliphatic heterocycles. The summed E-state index contributed by atoms with van der Waals surface area (Å²) in [4.78, 5) is 4.81. The number of benzene rings is 1. The van der Waals surface area contributed by atoms with E-state index in [1.807, 2.05) is 6.21 Å². The molecule has 0 radical (unpaired) electrons. The summed E-state index contributed by atoms with van der Waals surface area (Å²) in [5, 5.41) is 0. The Hall–Kier alpha value is -4.18. The molecule has 0 spiro atoms. The van der Waals surface area contributed by atoms with Crippen LogP contribution in [0.25, 0.3) is 39.3 Å². The van der Waals surface area contributed by atoms with Crippen molar-refractivity contribution in [3.63, 3.8) is 0 Å². The van der Waals surface area contributed by atoms with E-state index in [1.54, 1.807) is 0 Å². The van der Waals surface area contributed by atoms with Gasteiger partial charge in [-0.15, -0.1) is 0 Å². The first kappa shape index (κ1) is 38.6. The van der Waals surface area contributed by atoms with Gasteiger partial charge in [0.05, 0.1) is 5.56 Å². The molecule has 0 aliphatic rings. The minimum absolute atomic E-state index is 0.866. The highest BCUT2D eigenvalue weighted by molar-refractivity contribution is 5.81. The van der Waals surface area contributed by atoms with Crippen LogP contribution in [0.4, 0.5) is 0 Å². The average Bonchev–Trinajstić information content (AvgIpc) is 3.15. The van der Waals surface area contributed by atoms with Gasteiger partial charge < -0.3 is 0 Å². The maximum absolute atomic E-state index is 4.81. The van der Waals surface area contributed by atoms with Crippen LogP contribution >= 0.6 is 0 Å². The molecule has 0 fully saturated rings. The summed E-state index contributed by atoms with van der Waals surface area (Å²) in [6.07, 6.45) is 32.6. The zero-order valence-corrected chi connectivity index (χ0v) is 31.8. The normalized spacial score (nSPS) is 12.1. The van der Waals surface area contributed by atoms with Crippen LogP contribution in [0, 0.1) is 6.92 Å². The Bertz CT molecular complexity index is 1640. The van der Waals surface area contributed by atoms with Gasteiger partial charge in [-0.2, -0.15) is 4.57 Å². The number of unbranched alkanes of at least 4 members (excludes halogenated alkanes) is 9. The molecule has 4 rings (SSSR count). The Labute approximate surface area is 304 Å².